The molecule has 0 aliphatic heterocycles. The van der Waals surface area contributed by atoms with Crippen LogP contribution in [0.15, 0.2) is 30.3 Å². The number of nitrogens with two attached hydrogens (primary N) is 1. The molecule has 0 saturated heterocycles. The highest BCUT2D eigenvalue weighted by Crippen LogP contribution is 2.33. The van der Waals surface area contributed by atoms with Crippen LogP contribution in [0, 0.1) is 18.6 Å². The molecule has 0 heterocycles. The number of halogens is 3. The largest absolute Gasteiger partial charge is 0.450 e. The van der Waals surface area contributed by atoms with Crippen LogP contribution in [0.1, 0.15) is 11.1 Å². The van der Waals surface area contributed by atoms with E-state index in [0.29, 0.717) is 10.6 Å². The Kier molecular flexibility index (Phi) is 4.02. The molecule has 2 nitrogen and oxygen atoms in total. The average Bonchev–Trinajstić information content (AvgIpc) is 2.35. The third-order valence-corrected chi connectivity index (χ3v) is 2.89. The Balaban J connectivity index is 2.38. The molecule has 0 unspecified atom stereocenters. The lowest BCUT2D eigenvalue weighted by atomic mass is 10.2. The van der Waals surface area contributed by atoms with E-state index in [-0.39, 0.29) is 12.3 Å². The van der Waals surface area contributed by atoms with Crippen LogP contribution in [0.2, 0.25) is 5.02 Å². The van der Waals surface area contributed by atoms with Gasteiger partial charge < -0.3 is 10.5 Å². The summed E-state index contributed by atoms with van der Waals surface area (Å²) < 4.78 is 32.7. The Labute approximate surface area is 114 Å². The van der Waals surface area contributed by atoms with Gasteiger partial charge in [0, 0.05) is 6.54 Å². The first kappa shape index (κ1) is 13.8. The van der Waals surface area contributed by atoms with E-state index in [4.69, 9.17) is 22.1 Å². The fourth-order valence-electron chi connectivity index (χ4n) is 1.63. The lowest BCUT2D eigenvalue weighted by Crippen LogP contribution is -2.00. The van der Waals surface area contributed by atoms with Crippen molar-refractivity contribution < 1.29 is 13.5 Å². The maximum atomic E-state index is 13.7. The molecule has 5 heteroatoms. The number of benzene rings is 2. The van der Waals surface area contributed by atoms with Gasteiger partial charge in [-0.1, -0.05) is 17.7 Å². The molecule has 0 atom stereocenters. The predicted molar refractivity (Wildman–Crippen MR) is 70.5 cm³/mol. The van der Waals surface area contributed by atoms with Gasteiger partial charge in [-0.2, -0.15) is 0 Å². The molecule has 0 aromatic heterocycles. The quantitative estimate of drug-likeness (QED) is 0.917. The van der Waals surface area contributed by atoms with Gasteiger partial charge in [0.1, 0.15) is 5.75 Å². The molecule has 19 heavy (non-hydrogen) atoms. The highest BCUT2D eigenvalue weighted by molar-refractivity contribution is 6.32. The summed E-state index contributed by atoms with van der Waals surface area (Å²) in [6.07, 6.45) is 0. The minimum atomic E-state index is -0.808. The molecule has 0 radical (unpaired) electrons. The zero-order valence-corrected chi connectivity index (χ0v) is 11.0. The summed E-state index contributed by atoms with van der Waals surface area (Å²) in [4.78, 5) is 0. The van der Waals surface area contributed by atoms with E-state index in [1.807, 2.05) is 6.92 Å². The van der Waals surface area contributed by atoms with Crippen LogP contribution in [0.5, 0.6) is 11.5 Å². The van der Waals surface area contributed by atoms with Gasteiger partial charge in [-0.3, -0.25) is 0 Å². The van der Waals surface area contributed by atoms with E-state index in [9.17, 15) is 8.78 Å². The maximum Gasteiger partial charge on any atom is 0.198 e. The summed E-state index contributed by atoms with van der Waals surface area (Å²) in [7, 11) is 0. The van der Waals surface area contributed by atoms with Gasteiger partial charge >= 0.3 is 0 Å². The second-order valence-corrected chi connectivity index (χ2v) is 4.54. The van der Waals surface area contributed by atoms with Crippen molar-refractivity contribution in [1.82, 2.24) is 0 Å². The first-order valence-electron chi connectivity index (χ1n) is 5.63. The smallest absolute Gasteiger partial charge is 0.198 e. The fourth-order valence-corrected chi connectivity index (χ4v) is 1.90. The SMILES string of the molecule is Cc1ccc(Oc2c(F)cc(CN)cc2F)c(Cl)c1. The molecule has 0 saturated carbocycles. The Morgan fingerprint density at radius 1 is 1.16 bits per heavy atom. The van der Waals surface area contributed by atoms with Crippen molar-refractivity contribution in [2.45, 2.75) is 13.5 Å². The molecular formula is C14H12ClF2NO. The van der Waals surface area contributed by atoms with Crippen molar-refractivity contribution in [2.24, 2.45) is 5.73 Å². The van der Waals surface area contributed by atoms with E-state index in [1.54, 1.807) is 18.2 Å². The van der Waals surface area contributed by atoms with Crippen LogP contribution >= 0.6 is 11.6 Å². The highest BCUT2D eigenvalue weighted by atomic mass is 35.5. The molecule has 2 aromatic carbocycles. The normalized spacial score (nSPS) is 10.6. The van der Waals surface area contributed by atoms with Gasteiger partial charge in [0.05, 0.1) is 5.02 Å². The molecule has 0 aliphatic rings. The molecule has 2 N–H and O–H groups in total. The van der Waals surface area contributed by atoms with Crippen LogP contribution in [-0.2, 0) is 6.54 Å². The van der Waals surface area contributed by atoms with Crippen LogP contribution < -0.4 is 10.5 Å². The van der Waals surface area contributed by atoms with Gasteiger partial charge in [-0.15, -0.1) is 0 Å². The van der Waals surface area contributed by atoms with Gasteiger partial charge in [0.15, 0.2) is 17.4 Å². The van der Waals surface area contributed by atoms with Gasteiger partial charge in [-0.05, 0) is 42.3 Å². The zero-order valence-electron chi connectivity index (χ0n) is 10.2. The lowest BCUT2D eigenvalue weighted by Gasteiger charge is -2.11. The van der Waals surface area contributed by atoms with Gasteiger partial charge in [-0.25, -0.2) is 8.78 Å². The van der Waals surface area contributed by atoms with E-state index in [0.717, 1.165) is 17.7 Å². The number of hydrogen-bond acceptors (Lipinski definition) is 2. The van der Waals surface area contributed by atoms with Crippen molar-refractivity contribution in [3.8, 4) is 11.5 Å². The lowest BCUT2D eigenvalue weighted by molar-refractivity contribution is 0.406. The van der Waals surface area contributed by atoms with Gasteiger partial charge in [0.2, 0.25) is 0 Å². The molecular weight excluding hydrogens is 272 g/mol. The summed E-state index contributed by atoms with van der Waals surface area (Å²) in [6.45, 7) is 1.91. The summed E-state index contributed by atoms with van der Waals surface area (Å²) in [6, 6.07) is 7.24. The van der Waals surface area contributed by atoms with E-state index >= 15 is 0 Å². The molecule has 2 rings (SSSR count). The molecule has 0 bridgehead atoms. The standard InChI is InChI=1S/C14H12ClF2NO/c1-8-2-3-13(10(15)4-8)19-14-11(16)5-9(7-18)6-12(14)17/h2-6H,7,18H2,1H3. The first-order valence-corrected chi connectivity index (χ1v) is 6.01. The van der Waals surface area contributed by atoms with Crippen molar-refractivity contribution in [1.29, 1.82) is 0 Å². The van der Waals surface area contributed by atoms with Crippen molar-refractivity contribution >= 4 is 11.6 Å². The van der Waals surface area contributed by atoms with Crippen molar-refractivity contribution in [2.75, 3.05) is 0 Å². The summed E-state index contributed by atoms with van der Waals surface area (Å²) in [5.41, 5.74) is 6.62. The van der Waals surface area contributed by atoms with E-state index in [1.165, 1.54) is 0 Å². The second kappa shape index (κ2) is 5.55. The Hall–Kier alpha value is -1.65. The van der Waals surface area contributed by atoms with Crippen molar-refractivity contribution in [3.05, 3.63) is 58.1 Å². The molecule has 0 aliphatic carbocycles. The number of ether oxygens (including phenoxy) is 1. The molecule has 100 valence electrons. The van der Waals surface area contributed by atoms with E-state index in [2.05, 4.69) is 0 Å². The topological polar surface area (TPSA) is 35.2 Å². The maximum absolute atomic E-state index is 13.7. The Bertz CT molecular complexity index is 593. The molecule has 2 aromatic rings. The van der Waals surface area contributed by atoms with Crippen LogP contribution in [0.3, 0.4) is 0 Å². The molecule has 0 fully saturated rings. The minimum absolute atomic E-state index is 0.0550. The molecule has 0 amide bonds. The molecule has 0 spiro atoms. The minimum Gasteiger partial charge on any atom is -0.450 e. The van der Waals surface area contributed by atoms with E-state index < -0.39 is 17.4 Å². The summed E-state index contributed by atoms with van der Waals surface area (Å²) in [5.74, 6) is -1.90. The second-order valence-electron chi connectivity index (χ2n) is 4.13. The number of hydrogen-bond donors (Lipinski definition) is 1. The van der Waals surface area contributed by atoms with Crippen LogP contribution in [-0.4, -0.2) is 0 Å². The third kappa shape index (κ3) is 3.03. The summed E-state index contributed by atoms with van der Waals surface area (Å²) in [5, 5.41) is 0.293. The van der Waals surface area contributed by atoms with Crippen LogP contribution in [0.4, 0.5) is 8.78 Å². The Morgan fingerprint density at radius 3 is 2.32 bits per heavy atom. The fraction of sp³-hybridized carbons (Fsp3) is 0.143. The summed E-state index contributed by atoms with van der Waals surface area (Å²) >= 11 is 5.95. The predicted octanol–water partition coefficient (Wildman–Crippen LogP) is 4.18. The zero-order chi connectivity index (χ0) is 14.0. The highest BCUT2D eigenvalue weighted by Gasteiger charge is 2.14. The monoisotopic (exact) mass is 283 g/mol. The number of aryl methyl sites for hydroxylation is 1. The van der Waals surface area contributed by atoms with Gasteiger partial charge in [0.25, 0.3) is 0 Å². The van der Waals surface area contributed by atoms with Crippen molar-refractivity contribution in [3.63, 3.8) is 0 Å². The third-order valence-electron chi connectivity index (χ3n) is 2.59. The van der Waals surface area contributed by atoms with Crippen LogP contribution in [0.25, 0.3) is 0 Å². The first-order chi connectivity index (χ1) is 9.01. The number of rotatable bonds is 3. The average molecular weight is 284 g/mol. The Morgan fingerprint density at radius 2 is 1.79 bits per heavy atom.